The summed E-state index contributed by atoms with van der Waals surface area (Å²) in [4.78, 5) is 28.7. The van der Waals surface area contributed by atoms with Gasteiger partial charge in [-0.3, -0.25) is 13.9 Å². The number of ether oxygens (including phenoxy) is 1. The topological polar surface area (TPSA) is 96.0 Å². The Labute approximate surface area is 260 Å². The monoisotopic (exact) mass is 613 g/mol. The zero-order valence-electron chi connectivity index (χ0n) is 25.5. The SMILES string of the molecule is Cc1ccc(S(=O)(=O)N(CC(=O)N(Cc2ccccc2)[C@H](C)C(=O)NCC(C)C)c2ccc(Oc3ccccc3)cc2)cc1. The maximum atomic E-state index is 14.1. The van der Waals surface area contributed by atoms with E-state index < -0.39 is 28.5 Å². The van der Waals surface area contributed by atoms with Crippen molar-refractivity contribution in [3.63, 3.8) is 0 Å². The molecule has 44 heavy (non-hydrogen) atoms. The summed E-state index contributed by atoms with van der Waals surface area (Å²) in [6.45, 7) is 7.59. The molecule has 0 fully saturated rings. The summed E-state index contributed by atoms with van der Waals surface area (Å²) in [6, 6.07) is 30.7. The summed E-state index contributed by atoms with van der Waals surface area (Å²) in [5.74, 6) is 0.564. The van der Waals surface area contributed by atoms with Gasteiger partial charge in [0, 0.05) is 13.1 Å². The van der Waals surface area contributed by atoms with Gasteiger partial charge in [0.1, 0.15) is 24.1 Å². The highest BCUT2D eigenvalue weighted by Gasteiger charge is 2.32. The molecule has 0 radical (unpaired) electrons. The van der Waals surface area contributed by atoms with Crippen LogP contribution in [0.15, 0.2) is 114 Å². The zero-order chi connectivity index (χ0) is 31.7. The van der Waals surface area contributed by atoms with E-state index in [0.717, 1.165) is 15.4 Å². The molecule has 0 saturated carbocycles. The third-order valence-electron chi connectivity index (χ3n) is 7.04. The number of hydrogen-bond donors (Lipinski definition) is 1. The molecule has 9 heteroatoms. The lowest BCUT2D eigenvalue weighted by Gasteiger charge is -2.32. The summed E-state index contributed by atoms with van der Waals surface area (Å²) in [5.41, 5.74) is 2.01. The minimum atomic E-state index is -4.17. The van der Waals surface area contributed by atoms with Crippen LogP contribution in [-0.2, 0) is 26.2 Å². The van der Waals surface area contributed by atoms with E-state index in [4.69, 9.17) is 4.74 Å². The molecule has 0 aromatic heterocycles. The number of hydrogen-bond acceptors (Lipinski definition) is 5. The second-order valence-electron chi connectivity index (χ2n) is 11.1. The summed E-state index contributed by atoms with van der Waals surface area (Å²) in [6.07, 6.45) is 0. The number of nitrogens with one attached hydrogen (secondary N) is 1. The normalized spacial score (nSPS) is 11.9. The van der Waals surface area contributed by atoms with Gasteiger partial charge in [0.15, 0.2) is 0 Å². The van der Waals surface area contributed by atoms with Gasteiger partial charge in [-0.05, 0) is 73.9 Å². The van der Waals surface area contributed by atoms with E-state index in [9.17, 15) is 18.0 Å². The lowest BCUT2D eigenvalue weighted by molar-refractivity contribution is -0.139. The molecule has 0 aliphatic heterocycles. The highest BCUT2D eigenvalue weighted by atomic mass is 32.2. The van der Waals surface area contributed by atoms with Crippen LogP contribution in [0.1, 0.15) is 31.9 Å². The summed E-state index contributed by atoms with van der Waals surface area (Å²) >= 11 is 0. The standard InChI is InChI=1S/C35H39N3O5S/c1-26(2)23-36-35(40)28(4)37(24-29-11-7-5-8-12-29)34(39)25-38(44(41,42)33-21-15-27(3)16-22-33)30-17-19-32(20-18-30)43-31-13-9-6-10-14-31/h5-22,26,28H,23-25H2,1-4H3,(H,36,40)/t28-/m1/s1. The fraction of sp³-hybridized carbons (Fsp3) is 0.257. The molecule has 0 heterocycles. The van der Waals surface area contributed by atoms with E-state index in [1.165, 1.54) is 17.0 Å². The number of aryl methyl sites for hydroxylation is 1. The van der Waals surface area contributed by atoms with Crippen molar-refractivity contribution >= 4 is 27.5 Å². The van der Waals surface area contributed by atoms with Crippen LogP contribution >= 0.6 is 0 Å². The van der Waals surface area contributed by atoms with Crippen LogP contribution in [-0.4, -0.2) is 44.3 Å². The molecule has 230 valence electrons. The summed E-state index contributed by atoms with van der Waals surface area (Å²) in [7, 11) is -4.17. The van der Waals surface area contributed by atoms with Crippen LogP contribution in [0.4, 0.5) is 5.69 Å². The second-order valence-corrected chi connectivity index (χ2v) is 12.9. The Morgan fingerprint density at radius 3 is 1.93 bits per heavy atom. The number of carbonyl (C=O) groups is 2. The van der Waals surface area contributed by atoms with Crippen molar-refractivity contribution in [3.8, 4) is 11.5 Å². The maximum absolute atomic E-state index is 14.1. The predicted octanol–water partition coefficient (Wildman–Crippen LogP) is 6.17. The number of anilines is 1. The molecule has 4 aromatic carbocycles. The van der Waals surface area contributed by atoms with Gasteiger partial charge in [0.25, 0.3) is 10.0 Å². The van der Waals surface area contributed by atoms with E-state index in [0.29, 0.717) is 18.0 Å². The van der Waals surface area contributed by atoms with Gasteiger partial charge in [0.05, 0.1) is 10.6 Å². The molecule has 8 nitrogen and oxygen atoms in total. The van der Waals surface area contributed by atoms with E-state index in [1.807, 2.05) is 81.4 Å². The van der Waals surface area contributed by atoms with Crippen LogP contribution in [0.5, 0.6) is 11.5 Å². The maximum Gasteiger partial charge on any atom is 0.264 e. The molecule has 0 aliphatic rings. The Hall–Kier alpha value is -4.63. The molecular formula is C35H39N3O5S. The number of rotatable bonds is 13. The van der Waals surface area contributed by atoms with Gasteiger partial charge in [-0.1, -0.05) is 80.1 Å². The van der Waals surface area contributed by atoms with Crippen LogP contribution in [0.3, 0.4) is 0 Å². The molecule has 1 N–H and O–H groups in total. The highest BCUT2D eigenvalue weighted by molar-refractivity contribution is 7.92. The lowest BCUT2D eigenvalue weighted by atomic mass is 10.1. The van der Waals surface area contributed by atoms with Crippen LogP contribution in [0.2, 0.25) is 0 Å². The van der Waals surface area contributed by atoms with Gasteiger partial charge in [-0.25, -0.2) is 8.42 Å². The number of sulfonamides is 1. The Morgan fingerprint density at radius 1 is 0.773 bits per heavy atom. The first kappa shape index (κ1) is 32.3. The molecule has 2 amide bonds. The van der Waals surface area contributed by atoms with Gasteiger partial charge >= 0.3 is 0 Å². The van der Waals surface area contributed by atoms with Crippen molar-refractivity contribution in [1.29, 1.82) is 0 Å². The molecule has 0 bridgehead atoms. The van der Waals surface area contributed by atoms with Crippen molar-refractivity contribution < 1.29 is 22.7 Å². The Balaban J connectivity index is 1.68. The smallest absolute Gasteiger partial charge is 0.264 e. The first-order chi connectivity index (χ1) is 21.0. The number of para-hydroxylation sites is 1. The highest BCUT2D eigenvalue weighted by Crippen LogP contribution is 2.28. The molecule has 0 saturated heterocycles. The third-order valence-corrected chi connectivity index (χ3v) is 8.83. The first-order valence-corrected chi connectivity index (χ1v) is 16.0. The zero-order valence-corrected chi connectivity index (χ0v) is 26.3. The Kier molecular flexibility index (Phi) is 10.8. The van der Waals surface area contributed by atoms with Crippen molar-refractivity contribution in [3.05, 3.63) is 120 Å². The van der Waals surface area contributed by atoms with Gasteiger partial charge in [-0.2, -0.15) is 0 Å². The number of nitrogens with zero attached hydrogens (tertiary/aromatic N) is 2. The van der Waals surface area contributed by atoms with E-state index in [-0.39, 0.29) is 29.0 Å². The van der Waals surface area contributed by atoms with E-state index in [2.05, 4.69) is 5.32 Å². The predicted molar refractivity (Wildman–Crippen MR) is 173 cm³/mol. The number of benzene rings is 4. The van der Waals surface area contributed by atoms with Gasteiger partial charge in [0.2, 0.25) is 11.8 Å². The molecule has 0 aliphatic carbocycles. The number of amides is 2. The van der Waals surface area contributed by atoms with Crippen molar-refractivity contribution in [2.45, 2.75) is 45.2 Å². The quantitative estimate of drug-likeness (QED) is 0.195. The fourth-order valence-electron chi connectivity index (χ4n) is 4.49. The Bertz CT molecular complexity index is 1630. The molecular weight excluding hydrogens is 574 g/mol. The van der Waals surface area contributed by atoms with E-state index >= 15 is 0 Å². The van der Waals surface area contributed by atoms with Crippen molar-refractivity contribution in [2.75, 3.05) is 17.4 Å². The molecule has 4 aromatic rings. The average Bonchev–Trinajstić information content (AvgIpc) is 3.02. The second kappa shape index (κ2) is 14.7. The molecule has 4 rings (SSSR count). The molecule has 0 spiro atoms. The summed E-state index contributed by atoms with van der Waals surface area (Å²) < 4.78 is 35.1. The molecule has 0 unspecified atom stereocenters. The van der Waals surface area contributed by atoms with Crippen molar-refractivity contribution in [2.24, 2.45) is 5.92 Å². The van der Waals surface area contributed by atoms with Crippen LogP contribution < -0.4 is 14.4 Å². The summed E-state index contributed by atoms with van der Waals surface area (Å²) in [5, 5.41) is 2.90. The van der Waals surface area contributed by atoms with E-state index in [1.54, 1.807) is 43.3 Å². The van der Waals surface area contributed by atoms with Gasteiger partial charge < -0.3 is 15.0 Å². The minimum absolute atomic E-state index is 0.0536. The lowest BCUT2D eigenvalue weighted by Crippen LogP contribution is -2.51. The van der Waals surface area contributed by atoms with Gasteiger partial charge in [-0.15, -0.1) is 0 Å². The minimum Gasteiger partial charge on any atom is -0.457 e. The average molecular weight is 614 g/mol. The Morgan fingerprint density at radius 2 is 1.34 bits per heavy atom. The molecule has 1 atom stereocenters. The van der Waals surface area contributed by atoms with Crippen molar-refractivity contribution in [1.82, 2.24) is 10.2 Å². The van der Waals surface area contributed by atoms with Crippen LogP contribution in [0, 0.1) is 12.8 Å². The fourth-order valence-corrected chi connectivity index (χ4v) is 5.90. The first-order valence-electron chi connectivity index (χ1n) is 14.6. The number of carbonyl (C=O) groups excluding carboxylic acids is 2. The third kappa shape index (κ3) is 8.48. The largest absolute Gasteiger partial charge is 0.457 e. The van der Waals surface area contributed by atoms with Crippen LogP contribution in [0.25, 0.3) is 0 Å².